The second-order valence-corrected chi connectivity index (χ2v) is 2.63. The summed E-state index contributed by atoms with van der Waals surface area (Å²) in [5.41, 5.74) is -0.427. The van der Waals surface area contributed by atoms with Crippen molar-refractivity contribution in [2.24, 2.45) is 0 Å². The minimum absolute atomic E-state index is 0.307. The zero-order valence-electron chi connectivity index (χ0n) is 7.16. The Hall–Kier alpha value is -1.39. The fourth-order valence-electron chi connectivity index (χ4n) is 0.736. The van der Waals surface area contributed by atoms with Gasteiger partial charge in [-0.05, 0) is 13.3 Å². The van der Waals surface area contributed by atoms with E-state index in [0.717, 1.165) is 6.42 Å². The number of nitrogens with one attached hydrogen (secondary N) is 2. The maximum atomic E-state index is 10.7. The second kappa shape index (κ2) is 3.85. The van der Waals surface area contributed by atoms with Crippen molar-refractivity contribution < 1.29 is 0 Å². The Morgan fingerprint density at radius 2 is 2.50 bits per heavy atom. The fraction of sp³-hybridized carbons (Fsp3) is 0.571. The highest BCUT2D eigenvalue weighted by Crippen LogP contribution is 1.99. The predicted octanol–water partition coefficient (Wildman–Crippen LogP) is 0.375. The molecule has 0 saturated carbocycles. The molecule has 0 fully saturated rings. The minimum atomic E-state index is -0.427. The van der Waals surface area contributed by atoms with Crippen LogP contribution in [0.25, 0.3) is 0 Å². The quantitative estimate of drug-likeness (QED) is 0.684. The maximum absolute atomic E-state index is 10.7. The van der Waals surface area contributed by atoms with Gasteiger partial charge in [-0.15, -0.1) is 0 Å². The molecule has 2 N–H and O–H groups in total. The molecule has 12 heavy (non-hydrogen) atoms. The van der Waals surface area contributed by atoms with Gasteiger partial charge >= 0.3 is 5.69 Å². The van der Waals surface area contributed by atoms with Gasteiger partial charge in [-0.25, -0.2) is 9.89 Å². The average Bonchev–Trinajstić information content (AvgIpc) is 2.04. The number of aromatic amines is 1. The normalized spacial score (nSPS) is 12.5. The van der Waals surface area contributed by atoms with Crippen molar-refractivity contribution in [3.8, 4) is 0 Å². The number of rotatable bonds is 3. The maximum Gasteiger partial charge on any atom is 0.363 e. The van der Waals surface area contributed by atoms with Crippen LogP contribution < -0.4 is 11.0 Å². The van der Waals surface area contributed by atoms with Gasteiger partial charge < -0.3 is 5.32 Å². The van der Waals surface area contributed by atoms with E-state index in [1.54, 1.807) is 0 Å². The summed E-state index contributed by atoms with van der Waals surface area (Å²) in [6, 6.07) is 0.307. The van der Waals surface area contributed by atoms with E-state index in [1.807, 2.05) is 6.92 Å². The van der Waals surface area contributed by atoms with E-state index in [2.05, 4.69) is 27.4 Å². The van der Waals surface area contributed by atoms with Crippen LogP contribution >= 0.6 is 0 Å². The largest absolute Gasteiger partial charge is 0.366 e. The number of nitrogens with zero attached hydrogens (tertiary/aromatic N) is 2. The van der Waals surface area contributed by atoms with Gasteiger partial charge in [0.05, 0.1) is 6.20 Å². The van der Waals surface area contributed by atoms with E-state index in [9.17, 15) is 4.79 Å². The Kier molecular flexibility index (Phi) is 2.79. The molecule has 1 aromatic heterocycles. The number of aromatic nitrogens is 3. The molecule has 0 bridgehead atoms. The van der Waals surface area contributed by atoms with Gasteiger partial charge in [0.1, 0.15) is 0 Å². The molecule has 0 unspecified atom stereocenters. The Balaban J connectivity index is 2.69. The Bertz CT molecular complexity index is 295. The lowest BCUT2D eigenvalue weighted by molar-refractivity contribution is 0.752. The van der Waals surface area contributed by atoms with Crippen LogP contribution in [0.2, 0.25) is 0 Å². The van der Waals surface area contributed by atoms with Crippen molar-refractivity contribution in [3.63, 3.8) is 0 Å². The molecule has 1 heterocycles. The molecule has 1 aromatic rings. The van der Waals surface area contributed by atoms with Gasteiger partial charge in [-0.3, -0.25) is 0 Å². The number of hydrogen-bond acceptors (Lipinski definition) is 4. The zero-order chi connectivity index (χ0) is 8.97. The number of hydrogen-bond donors (Lipinski definition) is 2. The van der Waals surface area contributed by atoms with Crippen LogP contribution in [0.5, 0.6) is 0 Å². The smallest absolute Gasteiger partial charge is 0.363 e. The molecular formula is C7H12N4O. The van der Waals surface area contributed by atoms with E-state index in [1.165, 1.54) is 6.20 Å². The summed E-state index contributed by atoms with van der Waals surface area (Å²) in [5.74, 6) is 0.521. The van der Waals surface area contributed by atoms with E-state index in [-0.39, 0.29) is 0 Å². The fourth-order valence-corrected chi connectivity index (χ4v) is 0.736. The van der Waals surface area contributed by atoms with Gasteiger partial charge in [0.2, 0.25) is 0 Å². The Morgan fingerprint density at radius 1 is 1.75 bits per heavy atom. The molecule has 0 aliphatic carbocycles. The van der Waals surface area contributed by atoms with Crippen molar-refractivity contribution >= 4 is 5.82 Å². The summed E-state index contributed by atoms with van der Waals surface area (Å²) in [6.45, 7) is 4.07. The number of anilines is 1. The van der Waals surface area contributed by atoms with Crippen LogP contribution in [-0.4, -0.2) is 21.2 Å². The molecule has 0 aliphatic rings. The standard InChI is InChI=1S/C7H12N4O/c1-3-5(2)9-6-4-8-11-7(12)10-6/h4-5H,3H2,1-2H3,(H2,9,10,11,12)/t5-/m0/s1. The minimum Gasteiger partial charge on any atom is -0.366 e. The van der Waals surface area contributed by atoms with Gasteiger partial charge in [0.15, 0.2) is 5.82 Å². The van der Waals surface area contributed by atoms with Crippen LogP contribution in [0, 0.1) is 0 Å². The third kappa shape index (κ3) is 2.34. The molecule has 5 nitrogen and oxygen atoms in total. The van der Waals surface area contributed by atoms with Crippen LogP contribution in [0.1, 0.15) is 20.3 Å². The molecular weight excluding hydrogens is 156 g/mol. The molecule has 5 heteroatoms. The van der Waals surface area contributed by atoms with E-state index in [0.29, 0.717) is 11.9 Å². The molecule has 1 rings (SSSR count). The molecule has 66 valence electrons. The zero-order valence-corrected chi connectivity index (χ0v) is 7.16. The van der Waals surface area contributed by atoms with Crippen molar-refractivity contribution in [3.05, 3.63) is 16.7 Å². The number of H-pyrrole nitrogens is 1. The Morgan fingerprint density at radius 3 is 3.08 bits per heavy atom. The summed E-state index contributed by atoms with van der Waals surface area (Å²) in [7, 11) is 0. The second-order valence-electron chi connectivity index (χ2n) is 2.63. The highest BCUT2D eigenvalue weighted by Gasteiger charge is 1.99. The lowest BCUT2D eigenvalue weighted by atomic mass is 10.3. The van der Waals surface area contributed by atoms with E-state index in [4.69, 9.17) is 0 Å². The lowest BCUT2D eigenvalue weighted by Gasteiger charge is -2.09. The molecule has 1 atom stereocenters. The average molecular weight is 168 g/mol. The van der Waals surface area contributed by atoms with Crippen LogP contribution in [-0.2, 0) is 0 Å². The first-order chi connectivity index (χ1) is 5.72. The summed E-state index contributed by atoms with van der Waals surface area (Å²) in [6.07, 6.45) is 2.47. The first-order valence-corrected chi connectivity index (χ1v) is 3.90. The van der Waals surface area contributed by atoms with Crippen molar-refractivity contribution in [1.29, 1.82) is 0 Å². The third-order valence-electron chi connectivity index (χ3n) is 1.58. The SMILES string of the molecule is CC[C@H](C)Nc1cn[nH]c(=O)n1. The summed E-state index contributed by atoms with van der Waals surface area (Å²) in [4.78, 5) is 14.4. The topological polar surface area (TPSA) is 70.7 Å². The van der Waals surface area contributed by atoms with E-state index >= 15 is 0 Å². The monoisotopic (exact) mass is 168 g/mol. The van der Waals surface area contributed by atoms with Crippen LogP contribution in [0.15, 0.2) is 11.0 Å². The van der Waals surface area contributed by atoms with Gasteiger partial charge in [0, 0.05) is 6.04 Å². The summed E-state index contributed by atoms with van der Waals surface area (Å²) < 4.78 is 0. The molecule has 0 amide bonds. The van der Waals surface area contributed by atoms with Crippen molar-refractivity contribution in [2.75, 3.05) is 5.32 Å². The summed E-state index contributed by atoms with van der Waals surface area (Å²) in [5, 5.41) is 8.85. The van der Waals surface area contributed by atoms with Crippen LogP contribution in [0.4, 0.5) is 5.82 Å². The predicted molar refractivity (Wildman–Crippen MR) is 46.0 cm³/mol. The highest BCUT2D eigenvalue weighted by molar-refractivity contribution is 5.29. The molecule has 0 aromatic carbocycles. The first kappa shape index (κ1) is 8.70. The third-order valence-corrected chi connectivity index (χ3v) is 1.58. The van der Waals surface area contributed by atoms with E-state index < -0.39 is 5.69 Å². The van der Waals surface area contributed by atoms with Crippen LogP contribution in [0.3, 0.4) is 0 Å². The van der Waals surface area contributed by atoms with Gasteiger partial charge in [-0.1, -0.05) is 6.92 Å². The highest BCUT2D eigenvalue weighted by atomic mass is 16.1. The molecule has 0 radical (unpaired) electrons. The molecule has 0 spiro atoms. The first-order valence-electron chi connectivity index (χ1n) is 3.90. The summed E-state index contributed by atoms with van der Waals surface area (Å²) >= 11 is 0. The lowest BCUT2D eigenvalue weighted by Crippen LogP contribution is -2.19. The van der Waals surface area contributed by atoms with Gasteiger partial charge in [-0.2, -0.15) is 10.1 Å². The van der Waals surface area contributed by atoms with Crippen molar-refractivity contribution in [2.45, 2.75) is 26.3 Å². The molecule has 0 saturated heterocycles. The molecule has 0 aliphatic heterocycles. The Labute approximate surface area is 70.2 Å². The van der Waals surface area contributed by atoms with Crippen molar-refractivity contribution in [1.82, 2.24) is 15.2 Å². The van der Waals surface area contributed by atoms with Gasteiger partial charge in [0.25, 0.3) is 0 Å².